The van der Waals surface area contributed by atoms with Gasteiger partial charge in [0.25, 0.3) is 0 Å². The number of hydrogen-bond donors (Lipinski definition) is 0. The Balaban J connectivity index is 4.65. The molecule has 0 spiro atoms. The number of carbonyl (C=O) groups excluding carboxylic acids is 2. The molecule has 1 atom stereocenters. The number of rotatable bonds is 5. The fourth-order valence-electron chi connectivity index (χ4n) is 1.21. The zero-order valence-corrected chi connectivity index (χ0v) is 10.7. The molecular formula is C11H21NO4. The van der Waals surface area contributed by atoms with Gasteiger partial charge in [-0.15, -0.1) is 0 Å². The molecule has 0 aromatic carbocycles. The van der Waals surface area contributed by atoms with E-state index in [-0.39, 0.29) is 0 Å². The highest BCUT2D eigenvalue weighted by Crippen LogP contribution is 2.18. The van der Waals surface area contributed by atoms with Crippen LogP contribution in [0.15, 0.2) is 0 Å². The van der Waals surface area contributed by atoms with Crippen molar-refractivity contribution in [1.29, 1.82) is 0 Å². The molecule has 94 valence electrons. The van der Waals surface area contributed by atoms with E-state index in [1.807, 2.05) is 13.8 Å². The van der Waals surface area contributed by atoms with Crippen LogP contribution in [0.3, 0.4) is 0 Å². The van der Waals surface area contributed by atoms with Crippen molar-refractivity contribution in [3.8, 4) is 0 Å². The fourth-order valence-corrected chi connectivity index (χ4v) is 1.21. The summed E-state index contributed by atoms with van der Waals surface area (Å²) in [7, 11) is 1.28. The van der Waals surface area contributed by atoms with Crippen LogP contribution in [0.5, 0.6) is 0 Å². The van der Waals surface area contributed by atoms with Gasteiger partial charge in [0.2, 0.25) is 5.60 Å². The fraction of sp³-hybridized carbons (Fsp3) is 0.818. The molecule has 0 fully saturated rings. The highest BCUT2D eigenvalue weighted by Gasteiger charge is 2.37. The smallest absolute Gasteiger partial charge is 0.410 e. The SMILES string of the molecule is CCN(CC)C(=O)OC(C)(CC)C(=O)OC. The molecule has 16 heavy (non-hydrogen) atoms. The first kappa shape index (κ1) is 14.7. The second-order valence-corrected chi connectivity index (χ2v) is 3.62. The van der Waals surface area contributed by atoms with E-state index in [0.29, 0.717) is 19.5 Å². The second-order valence-electron chi connectivity index (χ2n) is 3.62. The molecule has 0 rings (SSSR count). The Hall–Kier alpha value is -1.26. The Morgan fingerprint density at radius 1 is 1.19 bits per heavy atom. The summed E-state index contributed by atoms with van der Waals surface area (Å²) >= 11 is 0. The van der Waals surface area contributed by atoms with Crippen molar-refractivity contribution in [2.75, 3.05) is 20.2 Å². The van der Waals surface area contributed by atoms with E-state index < -0.39 is 17.7 Å². The molecule has 0 aliphatic carbocycles. The van der Waals surface area contributed by atoms with Crippen molar-refractivity contribution in [2.24, 2.45) is 0 Å². The molecule has 0 aromatic rings. The molecule has 1 unspecified atom stereocenters. The van der Waals surface area contributed by atoms with Crippen molar-refractivity contribution in [1.82, 2.24) is 4.90 Å². The van der Waals surface area contributed by atoms with E-state index in [1.165, 1.54) is 12.0 Å². The third kappa shape index (κ3) is 3.40. The van der Waals surface area contributed by atoms with E-state index in [0.717, 1.165) is 0 Å². The van der Waals surface area contributed by atoms with E-state index in [2.05, 4.69) is 4.74 Å². The minimum atomic E-state index is -1.20. The third-order valence-corrected chi connectivity index (χ3v) is 2.63. The van der Waals surface area contributed by atoms with Crippen LogP contribution >= 0.6 is 0 Å². The summed E-state index contributed by atoms with van der Waals surface area (Å²) < 4.78 is 9.82. The predicted octanol–water partition coefficient (Wildman–Crippen LogP) is 1.81. The van der Waals surface area contributed by atoms with Crippen molar-refractivity contribution >= 4 is 12.1 Å². The van der Waals surface area contributed by atoms with Crippen molar-refractivity contribution < 1.29 is 19.1 Å². The zero-order chi connectivity index (χ0) is 12.8. The lowest BCUT2D eigenvalue weighted by Gasteiger charge is -2.28. The molecule has 0 aliphatic heterocycles. The van der Waals surface area contributed by atoms with Crippen molar-refractivity contribution in [3.63, 3.8) is 0 Å². The predicted molar refractivity (Wildman–Crippen MR) is 60.1 cm³/mol. The van der Waals surface area contributed by atoms with Crippen LogP contribution in [0.2, 0.25) is 0 Å². The quantitative estimate of drug-likeness (QED) is 0.677. The molecule has 0 bridgehead atoms. The first-order valence-corrected chi connectivity index (χ1v) is 5.51. The van der Waals surface area contributed by atoms with E-state index in [1.54, 1.807) is 13.8 Å². The minimum absolute atomic E-state index is 0.382. The molecule has 5 heteroatoms. The van der Waals surface area contributed by atoms with Gasteiger partial charge in [-0.05, 0) is 27.2 Å². The van der Waals surface area contributed by atoms with Crippen molar-refractivity contribution in [2.45, 2.75) is 39.7 Å². The number of carbonyl (C=O) groups is 2. The lowest BCUT2D eigenvalue weighted by Crippen LogP contribution is -2.44. The van der Waals surface area contributed by atoms with Crippen LogP contribution in [-0.2, 0) is 14.3 Å². The molecule has 0 radical (unpaired) electrons. The number of ether oxygens (including phenoxy) is 2. The van der Waals surface area contributed by atoms with Gasteiger partial charge in [-0.2, -0.15) is 0 Å². The Morgan fingerprint density at radius 2 is 1.69 bits per heavy atom. The molecule has 0 heterocycles. The molecule has 1 amide bonds. The zero-order valence-electron chi connectivity index (χ0n) is 10.7. The highest BCUT2D eigenvalue weighted by atomic mass is 16.6. The number of nitrogens with zero attached hydrogens (tertiary/aromatic N) is 1. The lowest BCUT2D eigenvalue weighted by molar-refractivity contribution is -0.161. The van der Waals surface area contributed by atoms with Crippen molar-refractivity contribution in [3.05, 3.63) is 0 Å². The maximum atomic E-state index is 11.7. The average Bonchev–Trinajstić information content (AvgIpc) is 2.29. The van der Waals surface area contributed by atoms with Gasteiger partial charge in [-0.3, -0.25) is 0 Å². The monoisotopic (exact) mass is 231 g/mol. The van der Waals surface area contributed by atoms with Gasteiger partial charge in [0.15, 0.2) is 0 Å². The van der Waals surface area contributed by atoms with Gasteiger partial charge >= 0.3 is 12.1 Å². The lowest BCUT2D eigenvalue weighted by atomic mass is 10.0. The molecule has 0 saturated heterocycles. The van der Waals surface area contributed by atoms with Gasteiger partial charge in [-0.25, -0.2) is 9.59 Å². The van der Waals surface area contributed by atoms with Crippen LogP contribution in [0.4, 0.5) is 4.79 Å². The Labute approximate surface area is 96.7 Å². The average molecular weight is 231 g/mol. The number of esters is 1. The summed E-state index contributed by atoms with van der Waals surface area (Å²) in [5.74, 6) is -0.532. The summed E-state index contributed by atoms with van der Waals surface area (Å²) in [6.07, 6.45) is -0.105. The van der Waals surface area contributed by atoms with Gasteiger partial charge in [-0.1, -0.05) is 6.92 Å². The van der Waals surface area contributed by atoms with Crippen LogP contribution in [-0.4, -0.2) is 42.8 Å². The Bertz CT molecular complexity index is 250. The van der Waals surface area contributed by atoms with Gasteiger partial charge < -0.3 is 14.4 Å². The normalized spacial score (nSPS) is 13.8. The first-order chi connectivity index (χ1) is 7.45. The van der Waals surface area contributed by atoms with Gasteiger partial charge in [0.1, 0.15) is 0 Å². The number of amides is 1. The standard InChI is InChI=1S/C11H21NO4/c1-6-11(4,9(13)15-5)16-10(14)12(7-2)8-3/h6-8H2,1-5H3. The third-order valence-electron chi connectivity index (χ3n) is 2.63. The maximum absolute atomic E-state index is 11.7. The molecular weight excluding hydrogens is 210 g/mol. The maximum Gasteiger partial charge on any atom is 0.410 e. The van der Waals surface area contributed by atoms with E-state index >= 15 is 0 Å². The van der Waals surface area contributed by atoms with Gasteiger partial charge in [0.05, 0.1) is 7.11 Å². The summed E-state index contributed by atoms with van der Waals surface area (Å²) in [6.45, 7) is 8.14. The Morgan fingerprint density at radius 3 is 2.00 bits per heavy atom. The molecule has 5 nitrogen and oxygen atoms in total. The molecule has 0 saturated carbocycles. The number of methoxy groups -OCH3 is 1. The highest BCUT2D eigenvalue weighted by molar-refractivity contribution is 5.82. The first-order valence-electron chi connectivity index (χ1n) is 5.51. The molecule has 0 N–H and O–H groups in total. The van der Waals surface area contributed by atoms with E-state index in [9.17, 15) is 9.59 Å². The largest absolute Gasteiger partial charge is 0.466 e. The summed E-state index contributed by atoms with van der Waals surface area (Å²) in [4.78, 5) is 24.7. The minimum Gasteiger partial charge on any atom is -0.466 e. The molecule has 0 aromatic heterocycles. The molecule has 0 aliphatic rings. The summed E-state index contributed by atoms with van der Waals surface area (Å²) in [5, 5.41) is 0. The Kier molecular flexibility index (Phi) is 5.85. The topological polar surface area (TPSA) is 55.8 Å². The summed E-state index contributed by atoms with van der Waals surface area (Å²) in [5.41, 5.74) is -1.20. The summed E-state index contributed by atoms with van der Waals surface area (Å²) in [6, 6.07) is 0. The number of hydrogen-bond acceptors (Lipinski definition) is 4. The second kappa shape index (κ2) is 6.35. The van der Waals surface area contributed by atoms with Crippen LogP contribution in [0, 0.1) is 0 Å². The van der Waals surface area contributed by atoms with Crippen LogP contribution in [0.25, 0.3) is 0 Å². The van der Waals surface area contributed by atoms with E-state index in [4.69, 9.17) is 4.74 Å². The van der Waals surface area contributed by atoms with Crippen LogP contribution < -0.4 is 0 Å². The van der Waals surface area contributed by atoms with Crippen LogP contribution in [0.1, 0.15) is 34.1 Å². The van der Waals surface area contributed by atoms with Gasteiger partial charge in [0, 0.05) is 13.1 Å².